The van der Waals surface area contributed by atoms with E-state index in [2.05, 4.69) is 10.2 Å². The van der Waals surface area contributed by atoms with Gasteiger partial charge in [-0.15, -0.1) is 0 Å². The predicted molar refractivity (Wildman–Crippen MR) is 67.8 cm³/mol. The Hall–Kier alpha value is -1.21. The molecule has 7 heteroatoms. The minimum Gasteiger partial charge on any atom is -0.299 e. The van der Waals surface area contributed by atoms with Crippen LogP contribution in [0.3, 0.4) is 0 Å². The van der Waals surface area contributed by atoms with E-state index >= 15 is 0 Å². The Morgan fingerprint density at radius 1 is 1.32 bits per heavy atom. The van der Waals surface area contributed by atoms with E-state index in [1.165, 1.54) is 16.7 Å². The van der Waals surface area contributed by atoms with Gasteiger partial charge < -0.3 is 0 Å². The van der Waals surface area contributed by atoms with E-state index in [-0.39, 0.29) is 22.6 Å². The summed E-state index contributed by atoms with van der Waals surface area (Å²) >= 11 is 0. The second-order valence-corrected chi connectivity index (χ2v) is 7.11. The smallest absolute Gasteiger partial charge is 0.246 e. The molecule has 6 nitrogen and oxygen atoms in total. The molecule has 2 atom stereocenters. The van der Waals surface area contributed by atoms with Crippen LogP contribution in [0.25, 0.3) is 0 Å². The Balaban J connectivity index is 1.89. The lowest BCUT2D eigenvalue weighted by molar-refractivity contribution is -0.121. The standard InChI is InChI=1S/C12H17N3O3S/c16-12-5-1-3-10(12)11-4-2-6-15(11)19(17,18)9-7-13-14-8-9/h7-8,10-11H,1-6H2,(H,13,14). The van der Waals surface area contributed by atoms with Crippen molar-refractivity contribution in [2.75, 3.05) is 6.54 Å². The number of aromatic nitrogens is 2. The SMILES string of the molecule is O=C1CCCC1C1CCCN1S(=O)(=O)c1cn[nH]c1. The van der Waals surface area contributed by atoms with Crippen LogP contribution in [0.1, 0.15) is 32.1 Å². The molecular formula is C12H17N3O3S. The van der Waals surface area contributed by atoms with Gasteiger partial charge in [0.05, 0.1) is 6.20 Å². The van der Waals surface area contributed by atoms with Crippen LogP contribution in [0.15, 0.2) is 17.3 Å². The highest BCUT2D eigenvalue weighted by molar-refractivity contribution is 7.89. The van der Waals surface area contributed by atoms with Crippen LogP contribution in [-0.2, 0) is 14.8 Å². The molecule has 1 saturated carbocycles. The average Bonchev–Trinajstić information content (AvgIpc) is 3.10. The molecule has 0 radical (unpaired) electrons. The molecule has 3 rings (SSSR count). The highest BCUT2D eigenvalue weighted by Crippen LogP contribution is 2.36. The number of nitrogens with one attached hydrogen (secondary N) is 1. The molecule has 1 aliphatic heterocycles. The first-order valence-electron chi connectivity index (χ1n) is 6.64. The monoisotopic (exact) mass is 283 g/mol. The second-order valence-electron chi connectivity index (χ2n) is 5.22. The van der Waals surface area contributed by atoms with E-state index in [1.54, 1.807) is 0 Å². The fourth-order valence-corrected chi connectivity index (χ4v) is 4.87. The molecule has 0 aromatic carbocycles. The second kappa shape index (κ2) is 4.72. The molecule has 2 aliphatic rings. The van der Waals surface area contributed by atoms with Crippen LogP contribution >= 0.6 is 0 Å². The summed E-state index contributed by atoms with van der Waals surface area (Å²) in [5.41, 5.74) is 0. The number of aromatic amines is 1. The lowest BCUT2D eigenvalue weighted by atomic mass is 9.96. The van der Waals surface area contributed by atoms with E-state index in [9.17, 15) is 13.2 Å². The summed E-state index contributed by atoms with van der Waals surface area (Å²) in [6.07, 6.45) is 6.63. The van der Waals surface area contributed by atoms with Crippen molar-refractivity contribution < 1.29 is 13.2 Å². The first-order valence-corrected chi connectivity index (χ1v) is 8.08. The van der Waals surface area contributed by atoms with Gasteiger partial charge >= 0.3 is 0 Å². The number of H-pyrrole nitrogens is 1. The Labute approximate surface area is 112 Å². The van der Waals surface area contributed by atoms with E-state index < -0.39 is 10.0 Å². The molecular weight excluding hydrogens is 266 g/mol. The van der Waals surface area contributed by atoms with Gasteiger partial charge in [-0.3, -0.25) is 9.89 Å². The van der Waals surface area contributed by atoms with Crippen LogP contribution < -0.4 is 0 Å². The molecule has 1 aromatic rings. The molecule has 1 aromatic heterocycles. The topological polar surface area (TPSA) is 83.1 Å². The predicted octanol–water partition coefficient (Wildman–Crippen LogP) is 0.932. The number of rotatable bonds is 3. The van der Waals surface area contributed by atoms with E-state index in [1.807, 2.05) is 0 Å². The van der Waals surface area contributed by atoms with Crippen molar-refractivity contribution in [1.29, 1.82) is 0 Å². The van der Waals surface area contributed by atoms with Crippen molar-refractivity contribution in [1.82, 2.24) is 14.5 Å². The molecule has 2 heterocycles. The average molecular weight is 283 g/mol. The van der Waals surface area contributed by atoms with Crippen LogP contribution in [0.4, 0.5) is 0 Å². The molecule has 0 amide bonds. The van der Waals surface area contributed by atoms with Crippen LogP contribution in [0, 0.1) is 5.92 Å². The number of carbonyl (C=O) groups excluding carboxylic acids is 1. The molecule has 104 valence electrons. The quantitative estimate of drug-likeness (QED) is 0.894. The number of carbonyl (C=O) groups is 1. The van der Waals surface area contributed by atoms with Crippen molar-refractivity contribution in [2.45, 2.75) is 43.0 Å². The molecule has 2 fully saturated rings. The fourth-order valence-electron chi connectivity index (χ4n) is 3.23. The zero-order chi connectivity index (χ0) is 13.5. The van der Waals surface area contributed by atoms with Gasteiger partial charge in [-0.1, -0.05) is 0 Å². The Bertz CT molecular complexity index is 567. The molecule has 19 heavy (non-hydrogen) atoms. The Morgan fingerprint density at radius 2 is 2.16 bits per heavy atom. The first-order chi connectivity index (χ1) is 9.10. The number of hydrogen-bond acceptors (Lipinski definition) is 4. The van der Waals surface area contributed by atoms with E-state index in [4.69, 9.17) is 0 Å². The summed E-state index contributed by atoms with van der Waals surface area (Å²) in [5, 5.41) is 6.23. The number of ketones is 1. The molecule has 1 aliphatic carbocycles. The maximum absolute atomic E-state index is 12.5. The van der Waals surface area contributed by atoms with Crippen LogP contribution in [-0.4, -0.2) is 41.3 Å². The summed E-state index contributed by atoms with van der Waals surface area (Å²) in [6.45, 7) is 0.502. The minimum absolute atomic E-state index is 0.107. The fraction of sp³-hybridized carbons (Fsp3) is 0.667. The van der Waals surface area contributed by atoms with Gasteiger partial charge in [-0.05, 0) is 25.7 Å². The third-order valence-corrected chi connectivity index (χ3v) is 6.03. The summed E-state index contributed by atoms with van der Waals surface area (Å²) in [6, 6.07) is -0.158. The molecule has 1 saturated heterocycles. The van der Waals surface area contributed by atoms with Crippen molar-refractivity contribution in [3.05, 3.63) is 12.4 Å². The lowest BCUT2D eigenvalue weighted by Crippen LogP contribution is -2.41. The molecule has 0 bridgehead atoms. The van der Waals surface area contributed by atoms with Gasteiger partial charge in [0, 0.05) is 31.1 Å². The zero-order valence-corrected chi connectivity index (χ0v) is 11.4. The maximum Gasteiger partial charge on any atom is 0.246 e. The summed E-state index contributed by atoms with van der Waals surface area (Å²) in [5.74, 6) is 0.114. The molecule has 2 unspecified atom stereocenters. The summed E-state index contributed by atoms with van der Waals surface area (Å²) in [4.78, 5) is 12.1. The number of nitrogens with zero attached hydrogens (tertiary/aromatic N) is 2. The highest BCUT2D eigenvalue weighted by Gasteiger charge is 2.43. The zero-order valence-electron chi connectivity index (χ0n) is 10.6. The summed E-state index contributed by atoms with van der Waals surface area (Å²) < 4.78 is 26.6. The molecule has 0 spiro atoms. The van der Waals surface area contributed by atoms with Crippen molar-refractivity contribution in [3.63, 3.8) is 0 Å². The maximum atomic E-state index is 12.5. The lowest BCUT2D eigenvalue weighted by Gasteiger charge is -2.27. The minimum atomic E-state index is -3.52. The third-order valence-electron chi connectivity index (χ3n) is 4.14. The highest BCUT2D eigenvalue weighted by atomic mass is 32.2. The number of hydrogen-bond donors (Lipinski definition) is 1. The Morgan fingerprint density at radius 3 is 2.79 bits per heavy atom. The van der Waals surface area contributed by atoms with Crippen LogP contribution in [0.2, 0.25) is 0 Å². The van der Waals surface area contributed by atoms with Gasteiger partial charge in [-0.2, -0.15) is 9.40 Å². The van der Waals surface area contributed by atoms with Gasteiger partial charge in [0.15, 0.2) is 0 Å². The third kappa shape index (κ3) is 2.10. The van der Waals surface area contributed by atoms with Gasteiger partial charge in [0.2, 0.25) is 10.0 Å². The Kier molecular flexibility index (Phi) is 3.18. The van der Waals surface area contributed by atoms with Gasteiger partial charge in [0.25, 0.3) is 0 Å². The summed E-state index contributed by atoms with van der Waals surface area (Å²) in [7, 11) is -3.52. The van der Waals surface area contributed by atoms with Crippen molar-refractivity contribution in [3.8, 4) is 0 Å². The van der Waals surface area contributed by atoms with Crippen LogP contribution in [0.5, 0.6) is 0 Å². The largest absolute Gasteiger partial charge is 0.299 e. The number of Topliss-reactive ketones (excluding diaryl/α,β-unsaturated/α-hetero) is 1. The molecule has 1 N–H and O–H groups in total. The first kappa shape index (κ1) is 12.8. The van der Waals surface area contributed by atoms with Gasteiger partial charge in [-0.25, -0.2) is 8.42 Å². The number of sulfonamides is 1. The van der Waals surface area contributed by atoms with Gasteiger partial charge in [0.1, 0.15) is 10.7 Å². The normalized spacial score (nSPS) is 29.2. The van der Waals surface area contributed by atoms with Crippen molar-refractivity contribution >= 4 is 15.8 Å². The van der Waals surface area contributed by atoms with E-state index in [0.29, 0.717) is 13.0 Å². The van der Waals surface area contributed by atoms with E-state index in [0.717, 1.165) is 25.7 Å². The van der Waals surface area contributed by atoms with Crippen molar-refractivity contribution in [2.24, 2.45) is 5.92 Å².